The van der Waals surface area contributed by atoms with Crippen LogP contribution in [0.25, 0.3) is 0 Å². The minimum atomic E-state index is 0.620. The van der Waals surface area contributed by atoms with Gasteiger partial charge in [-0.05, 0) is 45.0 Å². The summed E-state index contributed by atoms with van der Waals surface area (Å²) >= 11 is 7.63. The first-order valence-electron chi connectivity index (χ1n) is 5.94. The number of thiophene rings is 1. The van der Waals surface area contributed by atoms with E-state index in [1.165, 1.54) is 24.4 Å². The number of hydrogen-bond donors (Lipinski definition) is 1. The molecule has 1 N–H and O–H groups in total. The van der Waals surface area contributed by atoms with E-state index in [0.717, 1.165) is 23.8 Å². The van der Waals surface area contributed by atoms with Crippen molar-refractivity contribution in [3.05, 3.63) is 21.3 Å². The lowest BCUT2D eigenvalue weighted by molar-refractivity contribution is 0.277. The van der Waals surface area contributed by atoms with Gasteiger partial charge in [0, 0.05) is 24.0 Å². The summed E-state index contributed by atoms with van der Waals surface area (Å²) in [5, 5.41) is 3.52. The number of rotatable bonds is 3. The van der Waals surface area contributed by atoms with E-state index in [0.29, 0.717) is 6.04 Å². The molecule has 2 nitrogen and oxygen atoms in total. The molecule has 1 aromatic heterocycles. The van der Waals surface area contributed by atoms with Crippen molar-refractivity contribution < 1.29 is 0 Å². The molecule has 1 saturated heterocycles. The van der Waals surface area contributed by atoms with Crippen LogP contribution in [0.3, 0.4) is 0 Å². The van der Waals surface area contributed by atoms with E-state index in [-0.39, 0.29) is 0 Å². The first-order chi connectivity index (χ1) is 7.74. The van der Waals surface area contributed by atoms with Crippen molar-refractivity contribution in [1.29, 1.82) is 0 Å². The van der Waals surface area contributed by atoms with E-state index in [2.05, 4.69) is 23.2 Å². The highest BCUT2D eigenvalue weighted by Gasteiger charge is 2.13. The molecule has 4 heteroatoms. The molecular weight excluding hydrogens is 240 g/mol. The Labute approximate surface area is 107 Å². The van der Waals surface area contributed by atoms with Crippen molar-refractivity contribution in [2.75, 3.05) is 26.2 Å². The molecule has 1 fully saturated rings. The molecule has 0 bridgehead atoms. The van der Waals surface area contributed by atoms with Gasteiger partial charge in [0.1, 0.15) is 0 Å². The molecular formula is C12H19ClN2S. The maximum atomic E-state index is 5.93. The highest BCUT2D eigenvalue weighted by molar-refractivity contribution is 7.16. The van der Waals surface area contributed by atoms with Gasteiger partial charge in [0.2, 0.25) is 0 Å². The Morgan fingerprint density at radius 1 is 1.56 bits per heavy atom. The Morgan fingerprint density at radius 3 is 3.19 bits per heavy atom. The van der Waals surface area contributed by atoms with Gasteiger partial charge in [-0.25, -0.2) is 0 Å². The van der Waals surface area contributed by atoms with Crippen molar-refractivity contribution in [1.82, 2.24) is 10.2 Å². The molecule has 16 heavy (non-hydrogen) atoms. The van der Waals surface area contributed by atoms with Gasteiger partial charge in [-0.3, -0.25) is 0 Å². The molecule has 0 aliphatic carbocycles. The molecule has 1 atom stereocenters. The molecule has 0 amide bonds. The molecule has 1 aromatic rings. The maximum Gasteiger partial charge on any atom is 0.0931 e. The second-order valence-electron chi connectivity index (χ2n) is 4.47. The molecule has 1 aliphatic heterocycles. The third-order valence-corrected chi connectivity index (χ3v) is 4.27. The van der Waals surface area contributed by atoms with E-state index in [1.54, 1.807) is 11.3 Å². The lowest BCUT2D eigenvalue weighted by Gasteiger charge is -2.21. The molecule has 0 spiro atoms. The summed E-state index contributed by atoms with van der Waals surface area (Å²) in [6, 6.07) is 4.76. The van der Waals surface area contributed by atoms with Crippen LogP contribution in [-0.2, 0) is 6.42 Å². The number of halogens is 1. The molecule has 0 saturated carbocycles. The Bertz CT molecular complexity index is 327. The summed E-state index contributed by atoms with van der Waals surface area (Å²) in [6.07, 6.45) is 2.39. The summed E-state index contributed by atoms with van der Waals surface area (Å²) in [4.78, 5) is 3.95. The van der Waals surface area contributed by atoms with Gasteiger partial charge in [0.25, 0.3) is 0 Å². The highest BCUT2D eigenvalue weighted by atomic mass is 35.5. The van der Waals surface area contributed by atoms with Gasteiger partial charge < -0.3 is 10.2 Å². The van der Waals surface area contributed by atoms with Crippen molar-refractivity contribution in [3.63, 3.8) is 0 Å². The lowest BCUT2D eigenvalue weighted by Crippen LogP contribution is -2.36. The summed E-state index contributed by atoms with van der Waals surface area (Å²) in [5.74, 6) is 0. The van der Waals surface area contributed by atoms with Crippen molar-refractivity contribution in [2.45, 2.75) is 25.8 Å². The number of nitrogens with one attached hydrogen (secondary N) is 1. The minimum Gasteiger partial charge on any atom is -0.313 e. The van der Waals surface area contributed by atoms with Crippen molar-refractivity contribution >= 4 is 22.9 Å². The fraction of sp³-hybridized carbons (Fsp3) is 0.667. The smallest absolute Gasteiger partial charge is 0.0931 e. The highest BCUT2D eigenvalue weighted by Crippen LogP contribution is 2.21. The number of nitrogens with zero attached hydrogens (tertiary/aromatic N) is 1. The predicted molar refractivity (Wildman–Crippen MR) is 71.6 cm³/mol. The zero-order chi connectivity index (χ0) is 11.4. The van der Waals surface area contributed by atoms with E-state index in [4.69, 9.17) is 11.6 Å². The number of hydrogen-bond acceptors (Lipinski definition) is 3. The molecule has 0 radical (unpaired) electrons. The fourth-order valence-electron chi connectivity index (χ4n) is 2.15. The van der Waals surface area contributed by atoms with Crippen molar-refractivity contribution in [3.8, 4) is 0 Å². The van der Waals surface area contributed by atoms with Crippen LogP contribution in [0.2, 0.25) is 4.34 Å². The SMILES string of the molecule is CC1CN(CCc2ccc(Cl)s2)CCCN1. The van der Waals surface area contributed by atoms with Crippen LogP contribution >= 0.6 is 22.9 Å². The van der Waals surface area contributed by atoms with Crippen LogP contribution in [0.4, 0.5) is 0 Å². The quantitative estimate of drug-likeness (QED) is 0.897. The normalized spacial score (nSPS) is 23.2. The molecule has 0 aromatic carbocycles. The minimum absolute atomic E-state index is 0.620. The molecule has 2 rings (SSSR count). The van der Waals surface area contributed by atoms with Crippen LogP contribution in [-0.4, -0.2) is 37.1 Å². The van der Waals surface area contributed by atoms with Gasteiger partial charge in [0.15, 0.2) is 0 Å². The zero-order valence-corrected chi connectivity index (χ0v) is 11.3. The first kappa shape index (κ1) is 12.4. The first-order valence-corrected chi connectivity index (χ1v) is 7.13. The van der Waals surface area contributed by atoms with Crippen LogP contribution < -0.4 is 5.32 Å². The average Bonchev–Trinajstić information content (AvgIpc) is 2.55. The zero-order valence-electron chi connectivity index (χ0n) is 9.71. The third-order valence-electron chi connectivity index (χ3n) is 2.98. The molecule has 1 unspecified atom stereocenters. The Hall–Kier alpha value is -0.0900. The molecule has 1 aliphatic rings. The Balaban J connectivity index is 1.80. The summed E-state index contributed by atoms with van der Waals surface area (Å²) in [7, 11) is 0. The molecule has 90 valence electrons. The van der Waals surface area contributed by atoms with Gasteiger partial charge in [0.05, 0.1) is 4.34 Å². The third kappa shape index (κ3) is 3.74. The van der Waals surface area contributed by atoms with E-state index >= 15 is 0 Å². The maximum absolute atomic E-state index is 5.93. The van der Waals surface area contributed by atoms with Crippen LogP contribution in [0.15, 0.2) is 12.1 Å². The fourth-order valence-corrected chi connectivity index (χ4v) is 3.23. The lowest BCUT2D eigenvalue weighted by atomic mass is 10.3. The standard InChI is InChI=1S/C12H19ClN2S/c1-10-9-15(7-2-6-14-10)8-5-11-3-4-12(13)16-11/h3-4,10,14H,2,5-9H2,1H3. The second-order valence-corrected chi connectivity index (χ2v) is 6.26. The van der Waals surface area contributed by atoms with Crippen LogP contribution in [0, 0.1) is 0 Å². The summed E-state index contributed by atoms with van der Waals surface area (Å²) in [6.45, 7) is 6.96. The van der Waals surface area contributed by atoms with Crippen LogP contribution in [0.1, 0.15) is 18.2 Å². The van der Waals surface area contributed by atoms with E-state index in [9.17, 15) is 0 Å². The second kappa shape index (κ2) is 6.01. The monoisotopic (exact) mass is 258 g/mol. The Morgan fingerprint density at radius 2 is 2.44 bits per heavy atom. The predicted octanol–water partition coefficient (Wildman–Crippen LogP) is 2.63. The summed E-state index contributed by atoms with van der Waals surface area (Å²) < 4.78 is 0.904. The van der Waals surface area contributed by atoms with E-state index < -0.39 is 0 Å². The topological polar surface area (TPSA) is 15.3 Å². The van der Waals surface area contributed by atoms with Gasteiger partial charge in [-0.2, -0.15) is 0 Å². The van der Waals surface area contributed by atoms with Crippen LogP contribution in [0.5, 0.6) is 0 Å². The summed E-state index contributed by atoms with van der Waals surface area (Å²) in [5.41, 5.74) is 0. The van der Waals surface area contributed by atoms with Gasteiger partial charge >= 0.3 is 0 Å². The molecule has 2 heterocycles. The van der Waals surface area contributed by atoms with Gasteiger partial charge in [-0.15, -0.1) is 11.3 Å². The van der Waals surface area contributed by atoms with E-state index in [1.807, 2.05) is 6.07 Å². The largest absolute Gasteiger partial charge is 0.313 e. The Kier molecular flexibility index (Phi) is 4.65. The average molecular weight is 259 g/mol. The van der Waals surface area contributed by atoms with Crippen molar-refractivity contribution in [2.24, 2.45) is 0 Å². The van der Waals surface area contributed by atoms with Gasteiger partial charge in [-0.1, -0.05) is 11.6 Å².